The minimum absolute atomic E-state index is 0.0845. The van der Waals surface area contributed by atoms with Crippen LogP contribution in [0.3, 0.4) is 0 Å². The molecule has 24 nitrogen and oxygen atoms in total. The highest BCUT2D eigenvalue weighted by atomic mass is 16.5. The molecule has 24 heteroatoms. The van der Waals surface area contributed by atoms with Crippen LogP contribution in [0.1, 0.15) is 152 Å². The van der Waals surface area contributed by atoms with Crippen molar-refractivity contribution in [3.05, 3.63) is 30.3 Å². The maximum absolute atomic E-state index is 11.6. The molecule has 0 radical (unpaired) electrons. The van der Waals surface area contributed by atoms with Gasteiger partial charge in [0.2, 0.25) is 29.7 Å². The van der Waals surface area contributed by atoms with Gasteiger partial charge in [0.25, 0.3) is 0 Å². The third kappa shape index (κ3) is 23.3. The molecule has 0 N–H and O–H groups in total. The Bertz CT molecular complexity index is 2200. The third-order valence-electron chi connectivity index (χ3n) is 16.1. The van der Waals surface area contributed by atoms with E-state index in [1.165, 1.54) is 0 Å². The summed E-state index contributed by atoms with van der Waals surface area (Å²) in [6.45, 7) is 65.0. The molecule has 0 aliphatic carbocycles. The van der Waals surface area contributed by atoms with Crippen LogP contribution >= 0.6 is 0 Å². The van der Waals surface area contributed by atoms with E-state index >= 15 is 0 Å². The zero-order valence-corrected chi connectivity index (χ0v) is 59.1. The van der Waals surface area contributed by atoms with Crippen LogP contribution < -0.4 is 24.5 Å². The predicted octanol–water partition coefficient (Wildman–Crippen LogP) is 10.4. The van der Waals surface area contributed by atoms with Gasteiger partial charge in [-0.25, -0.2) is 19.2 Å². The van der Waals surface area contributed by atoms with Crippen LogP contribution in [0.2, 0.25) is 0 Å². The van der Waals surface area contributed by atoms with Gasteiger partial charge in [-0.1, -0.05) is 30.3 Å². The van der Waals surface area contributed by atoms with Crippen LogP contribution in [0.4, 0.5) is 48.9 Å². The second kappa shape index (κ2) is 43.8. The number of likely N-dealkylation sites (N-methyl/N-ethyl adjacent to an activating group) is 4. The summed E-state index contributed by atoms with van der Waals surface area (Å²) in [5, 5.41) is 0. The molecule has 0 saturated carbocycles. The minimum atomic E-state index is 0.0845. The number of hydrogen-bond donors (Lipinski definition) is 0. The Kier molecular flexibility index (Phi) is 39.5. The number of benzene rings is 1. The molecule has 8 amide bonds. The van der Waals surface area contributed by atoms with Crippen molar-refractivity contribution in [2.75, 3.05) is 182 Å². The van der Waals surface area contributed by atoms with Gasteiger partial charge in [-0.3, -0.25) is 0 Å². The van der Waals surface area contributed by atoms with E-state index in [-0.39, 0.29) is 24.1 Å². The van der Waals surface area contributed by atoms with Crippen LogP contribution in [0.25, 0.3) is 11.4 Å². The number of nitrogens with zero attached hydrogens (tertiary/aromatic N) is 19. The summed E-state index contributed by atoms with van der Waals surface area (Å²) in [7, 11) is 0. The first-order chi connectivity index (χ1) is 42.3. The number of amides is 8. The smallest absolute Gasteiger partial charge is 0.323 e. The Morgan fingerprint density at radius 2 is 0.659 bits per heavy atom. The lowest BCUT2D eigenvalue weighted by molar-refractivity contribution is -0.0480. The number of carbonyl (C=O) groups is 4. The van der Waals surface area contributed by atoms with Crippen molar-refractivity contribution in [3.8, 4) is 11.4 Å². The van der Waals surface area contributed by atoms with E-state index in [0.29, 0.717) is 25.5 Å². The van der Waals surface area contributed by atoms with E-state index in [1.807, 2.05) is 129 Å². The number of aromatic nitrogens is 6. The average Bonchev–Trinajstić information content (AvgIpc) is 2.99. The molecular weight excluding hydrogens is 1110 g/mol. The van der Waals surface area contributed by atoms with Crippen LogP contribution in [0.5, 0.6) is 0 Å². The molecule has 2 aromatic heterocycles. The molecular formula is C64H121N19O5. The second-order valence-electron chi connectivity index (χ2n) is 20.6. The Morgan fingerprint density at radius 3 is 0.886 bits per heavy atom. The lowest BCUT2D eigenvalue weighted by Crippen LogP contribution is -2.50. The van der Waals surface area contributed by atoms with Gasteiger partial charge < -0.3 is 68.4 Å². The van der Waals surface area contributed by atoms with Gasteiger partial charge in [-0.2, -0.15) is 29.9 Å². The zero-order chi connectivity index (χ0) is 66.5. The maximum atomic E-state index is 11.6. The highest BCUT2D eigenvalue weighted by molar-refractivity contribution is 5.78. The molecule has 0 spiro atoms. The summed E-state index contributed by atoms with van der Waals surface area (Å²) in [5.41, 5.74) is 1.02. The van der Waals surface area contributed by atoms with Gasteiger partial charge >= 0.3 is 24.1 Å². The van der Waals surface area contributed by atoms with Crippen molar-refractivity contribution in [2.24, 2.45) is 0 Å². The van der Waals surface area contributed by atoms with Crippen LogP contribution in [-0.4, -0.2) is 263 Å². The van der Waals surface area contributed by atoms with Gasteiger partial charge in [0.1, 0.15) is 13.5 Å². The summed E-state index contributed by atoms with van der Waals surface area (Å²) in [4.78, 5) is 99.3. The Labute approximate surface area is 532 Å². The van der Waals surface area contributed by atoms with Crippen molar-refractivity contribution in [1.82, 2.24) is 69.1 Å². The fraction of sp³-hybridized carbons (Fsp3) is 0.750. The maximum Gasteiger partial charge on any atom is 0.323 e. The molecule has 3 aliphatic rings. The Balaban J connectivity index is 0.000000544. The lowest BCUT2D eigenvalue weighted by Gasteiger charge is -2.33. The molecule has 2 unspecified atom stereocenters. The first-order valence-electron chi connectivity index (χ1n) is 33.4. The molecule has 5 heterocycles. The van der Waals surface area contributed by atoms with Gasteiger partial charge in [-0.05, 0) is 152 Å². The van der Waals surface area contributed by atoms with Crippen molar-refractivity contribution >= 4 is 53.9 Å². The molecule has 2 atom stereocenters. The van der Waals surface area contributed by atoms with Gasteiger partial charge in [0, 0.05) is 150 Å². The Hall–Kier alpha value is -6.72. The molecule has 1 aromatic carbocycles. The number of anilines is 5. The number of rotatable bonds is 26. The van der Waals surface area contributed by atoms with Crippen LogP contribution in [0, 0.1) is 0 Å². The summed E-state index contributed by atoms with van der Waals surface area (Å²) in [6, 6.07) is 11.4. The van der Waals surface area contributed by atoms with Crippen molar-refractivity contribution < 1.29 is 23.9 Å². The first-order valence-corrected chi connectivity index (χ1v) is 33.4. The van der Waals surface area contributed by atoms with Crippen LogP contribution in [-0.2, 0) is 4.74 Å². The number of urea groups is 4. The molecule has 0 bridgehead atoms. The first kappa shape index (κ1) is 79.3. The topological polar surface area (TPSA) is 197 Å². The fourth-order valence-electron chi connectivity index (χ4n) is 9.97. The summed E-state index contributed by atoms with van der Waals surface area (Å²) in [6.07, 6.45) is 0. The predicted molar refractivity (Wildman–Crippen MR) is 364 cm³/mol. The molecule has 3 aliphatic heterocycles. The van der Waals surface area contributed by atoms with Gasteiger partial charge in [0.05, 0.1) is 12.1 Å². The van der Waals surface area contributed by atoms with Crippen LogP contribution in [0.15, 0.2) is 30.3 Å². The largest absolute Gasteiger partial charge is 0.341 e. The summed E-state index contributed by atoms with van der Waals surface area (Å²) < 4.78 is 5.18. The quantitative estimate of drug-likeness (QED) is 0.0735. The Morgan fingerprint density at radius 1 is 0.386 bits per heavy atom. The number of hydrogen-bond acceptors (Lipinski definition) is 16. The normalized spacial score (nSPS) is 15.1. The van der Waals surface area contributed by atoms with E-state index in [4.69, 9.17) is 4.74 Å². The molecule has 88 heavy (non-hydrogen) atoms. The van der Waals surface area contributed by atoms with E-state index in [0.717, 1.165) is 185 Å². The monoisotopic (exact) mass is 1240 g/mol. The summed E-state index contributed by atoms with van der Waals surface area (Å²) in [5.74, 6) is 4.57. The zero-order valence-electron chi connectivity index (χ0n) is 59.1. The van der Waals surface area contributed by atoms with Gasteiger partial charge in [0.15, 0.2) is 5.82 Å². The fourth-order valence-corrected chi connectivity index (χ4v) is 9.97. The second-order valence-corrected chi connectivity index (χ2v) is 20.6. The average molecular weight is 1240 g/mol. The minimum Gasteiger partial charge on any atom is -0.341 e. The molecule has 502 valence electrons. The third-order valence-corrected chi connectivity index (χ3v) is 16.1. The highest BCUT2D eigenvalue weighted by Gasteiger charge is 2.38. The highest BCUT2D eigenvalue weighted by Crippen LogP contribution is 2.24. The van der Waals surface area contributed by atoms with E-state index < -0.39 is 0 Å². The molecule has 3 fully saturated rings. The van der Waals surface area contributed by atoms with E-state index in [9.17, 15) is 19.2 Å². The molecule has 3 saturated heterocycles. The van der Waals surface area contributed by atoms with Crippen molar-refractivity contribution in [3.63, 3.8) is 0 Å². The molecule has 3 aromatic rings. The van der Waals surface area contributed by atoms with E-state index in [1.54, 1.807) is 9.80 Å². The standard InChI is InChI=1S/C17H25N5.C15H30N6.C9H18N2O.C9H20N2O.C7H14N2O2.C7H14N2O/c1-5-21(6-2)16-18-15(14-12-10-9-11-13-14)19-17(20-16)22(7-3)8-4;1-7-19(8-2)13-16-14(20(9-3)10-4)18-15(17-13)21(11-5)12-6;1-5-10-7(3)8(4)11(6-2)9(10)12;1-5-10(6-2)9(12)11(7-3)8-4;1-3-8-5-11-6-9(4-2)7(8)10;1-3-8-5-6-9(4-2)7(8)10/h9-13H,5-8H2,1-4H3;7-12H2,1-6H3;7-8H,5-6H2,1-4H3;5-8H2,1-4H3;3-6H2,1-2H3;3-6H2,1-2H3. The number of ether oxygens (including phenoxy) is 1. The lowest BCUT2D eigenvalue weighted by atomic mass is 10.2. The van der Waals surface area contributed by atoms with Crippen molar-refractivity contribution in [1.29, 1.82) is 0 Å². The SMILES string of the molecule is CCN(CC)C(=O)N(CC)CC.CCN(CC)c1nc(-c2ccccc2)nc(N(CC)CC)n1.CCN(CC)c1nc(N(CC)CC)nc(N(CC)CC)n1.CCN1C(=O)N(CC)C(C)C1C.CCN1CCN(CC)C1=O.CCN1COCN(CC)C1=O. The number of carbonyl (C=O) groups excluding carboxylic acids is 4. The van der Waals surface area contributed by atoms with Crippen molar-refractivity contribution in [2.45, 2.75) is 164 Å². The van der Waals surface area contributed by atoms with Gasteiger partial charge in [-0.15, -0.1) is 0 Å². The van der Waals surface area contributed by atoms with E-state index in [2.05, 4.69) is 137 Å². The molecule has 6 rings (SSSR count). The summed E-state index contributed by atoms with van der Waals surface area (Å²) >= 11 is 0.